The van der Waals surface area contributed by atoms with Gasteiger partial charge in [0, 0.05) is 35.0 Å². The van der Waals surface area contributed by atoms with Crippen molar-refractivity contribution < 1.29 is 23.9 Å². The molecule has 1 amide bonds. The number of nitrogens with zero attached hydrogens (tertiary/aromatic N) is 4. The number of hydrogen-bond donors (Lipinski definition) is 1. The summed E-state index contributed by atoms with van der Waals surface area (Å²) >= 11 is 9.77. The molecule has 0 radical (unpaired) electrons. The van der Waals surface area contributed by atoms with Crippen molar-refractivity contribution in [3.63, 3.8) is 0 Å². The fourth-order valence-electron chi connectivity index (χ4n) is 4.13. The molecule has 0 bridgehead atoms. The van der Waals surface area contributed by atoms with Gasteiger partial charge in [-0.15, -0.1) is 0 Å². The number of carbonyl (C=O) groups is 3. The summed E-state index contributed by atoms with van der Waals surface area (Å²) in [7, 11) is 0. The van der Waals surface area contributed by atoms with E-state index in [1.807, 2.05) is 17.0 Å². The smallest absolute Gasteiger partial charge is 0.309 e. The molecule has 2 aromatic heterocycles. The molecule has 3 heterocycles. The van der Waals surface area contributed by atoms with Crippen LogP contribution >= 0.6 is 45.5 Å². The summed E-state index contributed by atoms with van der Waals surface area (Å²) in [5, 5.41) is 3.67. The summed E-state index contributed by atoms with van der Waals surface area (Å²) < 4.78 is 11.1. The number of aromatic nitrogens is 3. The SMILES string of the molecule is CCOC(=O)C1CCN(c2cnc(C(=O)Nc3nc(-c4cc(Cl)cc(CI)c4)c(COC(C)=O)s3)cn2)CC1. The number of benzene rings is 1. The van der Waals surface area contributed by atoms with Crippen molar-refractivity contribution in [1.82, 2.24) is 15.0 Å². The van der Waals surface area contributed by atoms with Gasteiger partial charge in [0.25, 0.3) is 5.91 Å². The Labute approximate surface area is 248 Å². The van der Waals surface area contributed by atoms with Crippen LogP contribution in [0.2, 0.25) is 5.02 Å². The molecular formula is C26H27ClIN5O5S. The summed E-state index contributed by atoms with van der Waals surface area (Å²) in [5.41, 5.74) is 2.51. The lowest BCUT2D eigenvalue weighted by atomic mass is 9.97. The zero-order chi connectivity index (χ0) is 27.9. The van der Waals surface area contributed by atoms with Gasteiger partial charge in [-0.1, -0.05) is 45.5 Å². The number of nitrogens with one attached hydrogen (secondary N) is 1. The molecule has 1 saturated heterocycles. The highest BCUT2D eigenvalue weighted by molar-refractivity contribution is 14.1. The first-order valence-electron chi connectivity index (χ1n) is 12.3. The fourth-order valence-corrected chi connectivity index (χ4v) is 5.72. The van der Waals surface area contributed by atoms with Gasteiger partial charge in [0.15, 0.2) is 5.13 Å². The van der Waals surface area contributed by atoms with E-state index in [1.165, 1.54) is 24.5 Å². The summed E-state index contributed by atoms with van der Waals surface area (Å²) in [4.78, 5) is 52.4. The van der Waals surface area contributed by atoms with E-state index in [4.69, 9.17) is 21.1 Å². The van der Waals surface area contributed by atoms with Crippen molar-refractivity contribution in [3.8, 4) is 11.3 Å². The summed E-state index contributed by atoms with van der Waals surface area (Å²) in [6, 6.07) is 5.63. The number of amides is 1. The van der Waals surface area contributed by atoms with Gasteiger partial charge < -0.3 is 14.4 Å². The molecule has 0 saturated carbocycles. The predicted molar refractivity (Wildman–Crippen MR) is 157 cm³/mol. The first kappa shape index (κ1) is 29.2. The summed E-state index contributed by atoms with van der Waals surface area (Å²) in [6.07, 6.45) is 4.32. The highest BCUT2D eigenvalue weighted by Crippen LogP contribution is 2.34. The van der Waals surface area contributed by atoms with Crippen LogP contribution in [-0.2, 0) is 30.1 Å². The Morgan fingerprint density at radius 3 is 2.56 bits per heavy atom. The van der Waals surface area contributed by atoms with Crippen LogP contribution in [0, 0.1) is 5.92 Å². The molecule has 4 rings (SSSR count). The standard InChI is InChI=1S/C26H27ClIN5O5S/c1-3-37-25(36)17-4-6-33(7-5-17)22-13-29-20(12-30-22)24(35)32-26-31-23(21(39-26)14-38-15(2)34)18-8-16(11-28)9-19(27)10-18/h8-10,12-13,17H,3-7,11,14H2,1-2H3,(H,31,32,35). The molecule has 206 valence electrons. The van der Waals surface area contributed by atoms with Crippen LogP contribution in [-0.4, -0.2) is 52.5 Å². The minimum atomic E-state index is -0.464. The van der Waals surface area contributed by atoms with E-state index in [0.717, 1.165) is 15.6 Å². The third-order valence-corrected chi connectivity index (χ3v) is 8.06. The van der Waals surface area contributed by atoms with Crippen molar-refractivity contribution >= 4 is 74.3 Å². The number of piperidine rings is 1. The third kappa shape index (κ3) is 7.63. The molecule has 1 aliphatic rings. The molecule has 13 heteroatoms. The number of anilines is 2. The number of ether oxygens (including phenoxy) is 2. The Morgan fingerprint density at radius 1 is 1.15 bits per heavy atom. The van der Waals surface area contributed by atoms with Gasteiger partial charge >= 0.3 is 11.9 Å². The number of alkyl halides is 1. The van der Waals surface area contributed by atoms with Crippen molar-refractivity contribution in [2.24, 2.45) is 5.92 Å². The number of hydrogen-bond acceptors (Lipinski definition) is 10. The highest BCUT2D eigenvalue weighted by Gasteiger charge is 2.27. The molecule has 0 aliphatic carbocycles. The van der Waals surface area contributed by atoms with Crippen LogP contribution in [0.1, 0.15) is 47.6 Å². The van der Waals surface area contributed by atoms with Gasteiger partial charge in [-0.05, 0) is 43.5 Å². The maximum absolute atomic E-state index is 12.9. The predicted octanol–water partition coefficient (Wildman–Crippen LogP) is 5.28. The third-order valence-electron chi connectivity index (χ3n) is 6.02. The average Bonchev–Trinajstić information content (AvgIpc) is 3.34. The zero-order valence-corrected chi connectivity index (χ0v) is 25.1. The van der Waals surface area contributed by atoms with Crippen LogP contribution in [0.4, 0.5) is 10.9 Å². The minimum Gasteiger partial charge on any atom is -0.466 e. The lowest BCUT2D eigenvalue weighted by Gasteiger charge is -2.31. The van der Waals surface area contributed by atoms with Gasteiger partial charge in [0.05, 0.1) is 35.5 Å². The lowest BCUT2D eigenvalue weighted by Crippen LogP contribution is -2.37. The number of esters is 2. The van der Waals surface area contributed by atoms with Gasteiger partial charge in [-0.3, -0.25) is 19.7 Å². The van der Waals surface area contributed by atoms with Crippen LogP contribution in [0.3, 0.4) is 0 Å². The lowest BCUT2D eigenvalue weighted by molar-refractivity contribution is -0.148. The van der Waals surface area contributed by atoms with E-state index in [0.29, 0.717) is 59.1 Å². The van der Waals surface area contributed by atoms with Crippen molar-refractivity contribution in [2.75, 3.05) is 29.9 Å². The van der Waals surface area contributed by atoms with Crippen LogP contribution in [0.15, 0.2) is 30.6 Å². The van der Waals surface area contributed by atoms with Gasteiger partial charge in [0.2, 0.25) is 0 Å². The van der Waals surface area contributed by atoms with Gasteiger partial charge in [0.1, 0.15) is 18.1 Å². The normalized spacial score (nSPS) is 13.7. The molecular weight excluding hydrogens is 657 g/mol. The Hall–Kier alpha value is -2.84. The molecule has 1 fully saturated rings. The van der Waals surface area contributed by atoms with E-state index in [9.17, 15) is 14.4 Å². The van der Waals surface area contributed by atoms with E-state index >= 15 is 0 Å². The molecule has 1 aliphatic heterocycles. The molecule has 10 nitrogen and oxygen atoms in total. The first-order valence-corrected chi connectivity index (χ1v) is 15.0. The zero-order valence-electron chi connectivity index (χ0n) is 21.4. The van der Waals surface area contributed by atoms with Crippen LogP contribution in [0.25, 0.3) is 11.3 Å². The average molecular weight is 684 g/mol. The largest absolute Gasteiger partial charge is 0.466 e. The molecule has 3 aromatic rings. The second kappa shape index (κ2) is 13.5. The van der Waals surface area contributed by atoms with E-state index in [2.05, 4.69) is 42.9 Å². The van der Waals surface area contributed by atoms with Crippen molar-refractivity contribution in [2.45, 2.75) is 37.7 Å². The minimum absolute atomic E-state index is 0.0195. The number of thiazole rings is 1. The number of halogens is 2. The van der Waals surface area contributed by atoms with E-state index < -0.39 is 11.9 Å². The quantitative estimate of drug-likeness (QED) is 0.182. The second-order valence-corrected chi connectivity index (χ2v) is 11.1. The first-order chi connectivity index (χ1) is 18.8. The number of carbonyl (C=O) groups excluding carboxylic acids is 3. The van der Waals surface area contributed by atoms with E-state index in [-0.39, 0.29) is 24.2 Å². The topological polar surface area (TPSA) is 124 Å². The fraction of sp³-hybridized carbons (Fsp3) is 0.385. The highest BCUT2D eigenvalue weighted by atomic mass is 127. The van der Waals surface area contributed by atoms with E-state index in [1.54, 1.807) is 19.2 Å². The monoisotopic (exact) mass is 683 g/mol. The summed E-state index contributed by atoms with van der Waals surface area (Å²) in [5.74, 6) is -0.500. The molecule has 1 N–H and O–H groups in total. The molecule has 39 heavy (non-hydrogen) atoms. The Bertz CT molecular complexity index is 1350. The molecule has 0 atom stereocenters. The molecule has 0 unspecified atom stereocenters. The van der Waals surface area contributed by atoms with Crippen LogP contribution in [0.5, 0.6) is 0 Å². The Balaban J connectivity index is 1.46. The maximum Gasteiger partial charge on any atom is 0.309 e. The van der Waals surface area contributed by atoms with Gasteiger partial charge in [-0.2, -0.15) is 0 Å². The Morgan fingerprint density at radius 2 is 1.92 bits per heavy atom. The second-order valence-electron chi connectivity index (χ2n) is 8.78. The van der Waals surface area contributed by atoms with Gasteiger partial charge in [-0.25, -0.2) is 15.0 Å². The Kier molecular flexibility index (Phi) is 10.1. The van der Waals surface area contributed by atoms with Crippen molar-refractivity contribution in [1.29, 1.82) is 0 Å². The summed E-state index contributed by atoms with van der Waals surface area (Å²) in [6.45, 7) is 4.84. The molecule has 1 aromatic carbocycles. The maximum atomic E-state index is 12.9. The van der Waals surface area contributed by atoms with Crippen LogP contribution < -0.4 is 10.2 Å². The number of rotatable bonds is 9. The van der Waals surface area contributed by atoms with Crippen molar-refractivity contribution in [3.05, 3.63) is 51.7 Å². The molecule has 0 spiro atoms.